The van der Waals surface area contributed by atoms with Gasteiger partial charge in [-0.05, 0) is 20.8 Å². The molecule has 1 rings (SSSR count). The third-order valence-electron chi connectivity index (χ3n) is 1.86. The second kappa shape index (κ2) is 5.46. The quantitative estimate of drug-likeness (QED) is 0.901. The minimum absolute atomic E-state index is 0.0549. The number of aliphatic hydroxyl groups is 1. The van der Waals surface area contributed by atoms with E-state index in [0.717, 1.165) is 5.69 Å². The van der Waals surface area contributed by atoms with Gasteiger partial charge < -0.3 is 9.84 Å². The van der Waals surface area contributed by atoms with Crippen molar-refractivity contribution >= 4 is 22.6 Å². The van der Waals surface area contributed by atoms with Crippen LogP contribution in [0.1, 0.15) is 26.5 Å². The topological polar surface area (TPSA) is 62.7 Å². The maximum absolute atomic E-state index is 11.7. The van der Waals surface area contributed by atoms with Crippen LogP contribution in [-0.4, -0.2) is 35.4 Å². The molecule has 6 heteroatoms. The van der Waals surface area contributed by atoms with Gasteiger partial charge in [0.15, 0.2) is 5.13 Å². The number of nitrogens with zero attached hydrogens (tertiary/aromatic N) is 2. The number of hydrogen-bond acceptors (Lipinski definition) is 5. The number of amides is 1. The molecule has 1 aromatic heterocycles. The number of carbonyl (C=O) groups excluding carboxylic acids is 1. The van der Waals surface area contributed by atoms with E-state index in [1.165, 1.54) is 16.2 Å². The van der Waals surface area contributed by atoms with Gasteiger partial charge in [-0.1, -0.05) is 0 Å². The summed E-state index contributed by atoms with van der Waals surface area (Å²) in [7, 11) is 1.62. The molecule has 0 aliphatic heterocycles. The summed E-state index contributed by atoms with van der Waals surface area (Å²) in [5.74, 6) is 0. The highest BCUT2D eigenvalue weighted by atomic mass is 32.1. The molecule has 0 atom stereocenters. The van der Waals surface area contributed by atoms with Crippen molar-refractivity contribution in [2.45, 2.75) is 32.8 Å². The molecule has 0 saturated heterocycles. The molecule has 0 aliphatic carbocycles. The second-order valence-corrected chi connectivity index (χ2v) is 5.47. The summed E-state index contributed by atoms with van der Waals surface area (Å²) in [4.78, 5) is 17.4. The van der Waals surface area contributed by atoms with E-state index in [4.69, 9.17) is 9.84 Å². The third kappa shape index (κ3) is 4.32. The summed E-state index contributed by atoms with van der Waals surface area (Å²) >= 11 is 1.35. The van der Waals surface area contributed by atoms with Crippen molar-refractivity contribution in [3.63, 3.8) is 0 Å². The molecule has 0 radical (unpaired) electrons. The van der Waals surface area contributed by atoms with Crippen LogP contribution in [0.4, 0.5) is 9.93 Å². The lowest BCUT2D eigenvalue weighted by Crippen LogP contribution is -2.34. The van der Waals surface area contributed by atoms with Gasteiger partial charge >= 0.3 is 6.09 Å². The fourth-order valence-corrected chi connectivity index (χ4v) is 1.90. The fourth-order valence-electron chi connectivity index (χ4n) is 1.09. The zero-order valence-corrected chi connectivity index (χ0v) is 11.4. The monoisotopic (exact) mass is 258 g/mol. The Kier molecular flexibility index (Phi) is 4.47. The Morgan fingerprint density at radius 3 is 2.76 bits per heavy atom. The molecule has 1 aromatic rings. The molecule has 1 N–H and O–H groups in total. The zero-order valence-electron chi connectivity index (χ0n) is 10.6. The first-order valence-corrected chi connectivity index (χ1v) is 6.23. The van der Waals surface area contributed by atoms with E-state index in [9.17, 15) is 4.79 Å². The lowest BCUT2D eigenvalue weighted by atomic mass is 10.2. The second-order valence-electron chi connectivity index (χ2n) is 4.63. The Morgan fingerprint density at radius 2 is 2.24 bits per heavy atom. The van der Waals surface area contributed by atoms with Crippen LogP contribution in [0.2, 0.25) is 0 Å². The summed E-state index contributed by atoms with van der Waals surface area (Å²) in [5.41, 5.74) is 0.263. The Hall–Kier alpha value is -1.14. The van der Waals surface area contributed by atoms with Crippen LogP contribution >= 0.6 is 11.3 Å². The molecule has 0 spiro atoms. The van der Waals surface area contributed by atoms with Crippen molar-refractivity contribution in [1.29, 1.82) is 0 Å². The number of aromatic nitrogens is 1. The lowest BCUT2D eigenvalue weighted by molar-refractivity contribution is 0.0589. The van der Waals surface area contributed by atoms with Crippen LogP contribution in [0.25, 0.3) is 0 Å². The van der Waals surface area contributed by atoms with Crippen molar-refractivity contribution in [2.75, 3.05) is 18.6 Å². The van der Waals surface area contributed by atoms with E-state index >= 15 is 0 Å². The summed E-state index contributed by atoms with van der Waals surface area (Å²) in [5, 5.41) is 11.2. The molecular weight excluding hydrogens is 240 g/mol. The van der Waals surface area contributed by atoms with Gasteiger partial charge in [-0.25, -0.2) is 9.78 Å². The summed E-state index contributed by atoms with van der Waals surface area (Å²) in [6.07, 6.45) is 0.0703. The van der Waals surface area contributed by atoms with Crippen LogP contribution in [-0.2, 0) is 11.2 Å². The van der Waals surface area contributed by atoms with E-state index in [2.05, 4.69) is 4.98 Å². The fraction of sp³-hybridized carbons (Fsp3) is 0.636. The molecule has 0 fully saturated rings. The molecule has 0 aromatic carbocycles. The van der Waals surface area contributed by atoms with Crippen molar-refractivity contribution in [2.24, 2.45) is 0 Å². The molecule has 0 unspecified atom stereocenters. The average Bonchev–Trinajstić information content (AvgIpc) is 2.63. The van der Waals surface area contributed by atoms with E-state index in [-0.39, 0.29) is 6.61 Å². The SMILES string of the molecule is CN(C(=O)OC(C)(C)C)c1nc(CCO)cs1. The van der Waals surface area contributed by atoms with Gasteiger partial charge in [0, 0.05) is 25.5 Å². The zero-order chi connectivity index (χ0) is 13.1. The minimum atomic E-state index is -0.517. The molecule has 1 amide bonds. The van der Waals surface area contributed by atoms with E-state index in [0.29, 0.717) is 11.6 Å². The molecule has 96 valence electrons. The number of thiazole rings is 1. The lowest BCUT2D eigenvalue weighted by Gasteiger charge is -2.23. The number of aliphatic hydroxyl groups excluding tert-OH is 1. The number of anilines is 1. The van der Waals surface area contributed by atoms with Gasteiger partial charge in [-0.3, -0.25) is 4.90 Å². The molecule has 5 nitrogen and oxygen atoms in total. The van der Waals surface area contributed by atoms with Gasteiger partial charge in [0.25, 0.3) is 0 Å². The molecular formula is C11H18N2O3S. The van der Waals surface area contributed by atoms with Gasteiger partial charge in [-0.2, -0.15) is 0 Å². The summed E-state index contributed by atoms with van der Waals surface area (Å²) < 4.78 is 5.23. The largest absolute Gasteiger partial charge is 0.443 e. The molecule has 1 heterocycles. The average molecular weight is 258 g/mol. The highest BCUT2D eigenvalue weighted by molar-refractivity contribution is 7.14. The Morgan fingerprint density at radius 1 is 1.59 bits per heavy atom. The first-order valence-electron chi connectivity index (χ1n) is 5.35. The predicted molar refractivity (Wildman–Crippen MR) is 67.5 cm³/mol. The Labute approximate surface area is 105 Å². The molecule has 0 aliphatic rings. The van der Waals surface area contributed by atoms with Gasteiger partial charge in [0.1, 0.15) is 5.60 Å². The Bertz CT molecular complexity index is 384. The Balaban J connectivity index is 2.68. The first-order chi connectivity index (χ1) is 7.83. The van der Waals surface area contributed by atoms with Crippen LogP contribution in [0.5, 0.6) is 0 Å². The number of hydrogen-bond donors (Lipinski definition) is 1. The van der Waals surface area contributed by atoms with Crippen molar-refractivity contribution in [3.05, 3.63) is 11.1 Å². The number of carbonyl (C=O) groups is 1. The van der Waals surface area contributed by atoms with Gasteiger partial charge in [-0.15, -0.1) is 11.3 Å². The van der Waals surface area contributed by atoms with Crippen LogP contribution in [0, 0.1) is 0 Å². The molecule has 17 heavy (non-hydrogen) atoms. The summed E-state index contributed by atoms with van der Waals surface area (Å²) in [6, 6.07) is 0. The molecule has 0 bridgehead atoms. The number of ether oxygens (including phenoxy) is 1. The van der Waals surface area contributed by atoms with Crippen molar-refractivity contribution < 1.29 is 14.6 Å². The van der Waals surface area contributed by atoms with Crippen LogP contribution in [0.15, 0.2) is 5.38 Å². The van der Waals surface area contributed by atoms with Crippen LogP contribution in [0.3, 0.4) is 0 Å². The maximum Gasteiger partial charge on any atom is 0.416 e. The number of rotatable bonds is 3. The predicted octanol–water partition coefficient (Wildman–Crippen LogP) is 2.05. The van der Waals surface area contributed by atoms with E-state index < -0.39 is 11.7 Å². The van der Waals surface area contributed by atoms with Crippen molar-refractivity contribution in [3.8, 4) is 0 Å². The normalized spacial score (nSPS) is 11.4. The van der Waals surface area contributed by atoms with Crippen LogP contribution < -0.4 is 4.90 Å². The standard InChI is InChI=1S/C11H18N2O3S/c1-11(2,3)16-10(15)13(4)9-12-8(5-6-14)7-17-9/h7,14H,5-6H2,1-4H3. The highest BCUT2D eigenvalue weighted by Crippen LogP contribution is 2.21. The smallest absolute Gasteiger partial charge is 0.416 e. The van der Waals surface area contributed by atoms with Crippen molar-refractivity contribution in [1.82, 2.24) is 4.98 Å². The third-order valence-corrected chi connectivity index (χ3v) is 2.83. The van der Waals surface area contributed by atoms with E-state index in [1.54, 1.807) is 7.05 Å². The minimum Gasteiger partial charge on any atom is -0.443 e. The van der Waals surface area contributed by atoms with Gasteiger partial charge in [0.2, 0.25) is 0 Å². The van der Waals surface area contributed by atoms with E-state index in [1.807, 2.05) is 26.2 Å². The first kappa shape index (κ1) is 13.9. The summed E-state index contributed by atoms with van der Waals surface area (Å²) in [6.45, 7) is 5.51. The highest BCUT2D eigenvalue weighted by Gasteiger charge is 2.22. The maximum atomic E-state index is 11.7. The van der Waals surface area contributed by atoms with Gasteiger partial charge in [0.05, 0.1) is 5.69 Å². The molecule has 0 saturated carbocycles.